The van der Waals surface area contributed by atoms with Crippen molar-refractivity contribution in [1.82, 2.24) is 5.32 Å². The Morgan fingerprint density at radius 1 is 1.17 bits per heavy atom. The molecule has 2 aromatic rings. The molecule has 2 nitrogen and oxygen atoms in total. The van der Waals surface area contributed by atoms with Crippen molar-refractivity contribution in [1.29, 1.82) is 0 Å². The van der Waals surface area contributed by atoms with Crippen LogP contribution in [0.1, 0.15) is 21.5 Å². The predicted octanol–water partition coefficient (Wildman–Crippen LogP) is 3.69. The van der Waals surface area contributed by atoms with Gasteiger partial charge in [0.05, 0.1) is 0 Å². The lowest BCUT2D eigenvalue weighted by molar-refractivity contribution is 0.0951. The first-order chi connectivity index (χ1) is 8.66. The summed E-state index contributed by atoms with van der Waals surface area (Å²) in [5, 5.41) is 2.91. The Labute approximate surface area is 115 Å². The summed E-state index contributed by atoms with van der Waals surface area (Å²) < 4.78 is 1.01. The summed E-state index contributed by atoms with van der Waals surface area (Å²) in [7, 11) is 0. The molecule has 0 spiro atoms. The second-order valence-corrected chi connectivity index (χ2v) is 5.00. The zero-order chi connectivity index (χ0) is 13.0. The molecule has 0 atom stereocenters. The molecule has 2 rings (SSSR count). The van der Waals surface area contributed by atoms with Gasteiger partial charge in [-0.1, -0.05) is 51.8 Å². The number of halogens is 1. The number of carbonyl (C=O) groups excluding carboxylic acids is 1. The monoisotopic (exact) mass is 303 g/mol. The van der Waals surface area contributed by atoms with E-state index in [0.29, 0.717) is 12.1 Å². The molecule has 1 amide bonds. The van der Waals surface area contributed by atoms with Crippen molar-refractivity contribution in [3.05, 3.63) is 69.7 Å². The van der Waals surface area contributed by atoms with Crippen LogP contribution in [0.3, 0.4) is 0 Å². The van der Waals surface area contributed by atoms with Crippen LogP contribution in [0.15, 0.2) is 53.0 Å². The molecule has 0 saturated heterocycles. The highest BCUT2D eigenvalue weighted by Gasteiger charge is 2.06. The van der Waals surface area contributed by atoms with Crippen molar-refractivity contribution in [2.45, 2.75) is 13.5 Å². The maximum atomic E-state index is 12.0. The molecule has 0 aliphatic rings. The first-order valence-electron chi connectivity index (χ1n) is 5.75. The average Bonchev–Trinajstić information content (AvgIpc) is 2.37. The fraction of sp³-hybridized carbons (Fsp3) is 0.133. The first-order valence-corrected chi connectivity index (χ1v) is 6.54. The minimum absolute atomic E-state index is 0.0468. The molecule has 92 valence electrons. The summed E-state index contributed by atoms with van der Waals surface area (Å²) in [4.78, 5) is 12.0. The SMILES string of the molecule is Cc1cccc(C(=O)NCc2ccccc2Br)c1. The van der Waals surface area contributed by atoms with Gasteiger partial charge in [0.25, 0.3) is 5.91 Å². The maximum Gasteiger partial charge on any atom is 0.251 e. The van der Waals surface area contributed by atoms with E-state index >= 15 is 0 Å². The van der Waals surface area contributed by atoms with Crippen LogP contribution in [-0.4, -0.2) is 5.91 Å². The summed E-state index contributed by atoms with van der Waals surface area (Å²) in [5.41, 5.74) is 2.85. The molecule has 0 fully saturated rings. The van der Waals surface area contributed by atoms with Gasteiger partial charge in [0, 0.05) is 16.6 Å². The van der Waals surface area contributed by atoms with Crippen molar-refractivity contribution < 1.29 is 4.79 Å². The summed E-state index contributed by atoms with van der Waals surface area (Å²) >= 11 is 3.46. The van der Waals surface area contributed by atoms with E-state index in [0.717, 1.165) is 15.6 Å². The first kappa shape index (κ1) is 12.8. The Hall–Kier alpha value is -1.61. The van der Waals surface area contributed by atoms with E-state index in [2.05, 4.69) is 21.2 Å². The van der Waals surface area contributed by atoms with Crippen molar-refractivity contribution in [3.63, 3.8) is 0 Å². The van der Waals surface area contributed by atoms with Crippen LogP contribution in [0, 0.1) is 6.92 Å². The highest BCUT2D eigenvalue weighted by molar-refractivity contribution is 9.10. The summed E-state index contributed by atoms with van der Waals surface area (Å²) in [6.07, 6.45) is 0. The summed E-state index contributed by atoms with van der Waals surface area (Å²) in [6, 6.07) is 15.4. The Bertz CT molecular complexity index is 566. The minimum atomic E-state index is -0.0468. The van der Waals surface area contributed by atoms with E-state index < -0.39 is 0 Å². The molecule has 0 unspecified atom stereocenters. The molecule has 0 radical (unpaired) electrons. The second-order valence-electron chi connectivity index (χ2n) is 4.14. The van der Waals surface area contributed by atoms with E-state index in [1.54, 1.807) is 0 Å². The van der Waals surface area contributed by atoms with E-state index in [9.17, 15) is 4.79 Å². The number of aryl methyl sites for hydroxylation is 1. The van der Waals surface area contributed by atoms with Crippen LogP contribution in [0.25, 0.3) is 0 Å². The van der Waals surface area contributed by atoms with Gasteiger partial charge in [0.2, 0.25) is 0 Å². The highest BCUT2D eigenvalue weighted by atomic mass is 79.9. The van der Waals surface area contributed by atoms with Gasteiger partial charge in [-0.3, -0.25) is 4.79 Å². The van der Waals surface area contributed by atoms with E-state index in [1.165, 1.54) is 0 Å². The quantitative estimate of drug-likeness (QED) is 0.920. The third kappa shape index (κ3) is 3.20. The Balaban J connectivity index is 2.03. The average molecular weight is 304 g/mol. The molecule has 0 aliphatic heterocycles. The number of benzene rings is 2. The van der Waals surface area contributed by atoms with Crippen LogP contribution in [0.4, 0.5) is 0 Å². The molecule has 18 heavy (non-hydrogen) atoms. The topological polar surface area (TPSA) is 29.1 Å². The van der Waals surface area contributed by atoms with Crippen molar-refractivity contribution in [2.75, 3.05) is 0 Å². The van der Waals surface area contributed by atoms with Crippen LogP contribution >= 0.6 is 15.9 Å². The lowest BCUT2D eigenvalue weighted by Gasteiger charge is -2.07. The van der Waals surface area contributed by atoms with Crippen molar-refractivity contribution in [2.24, 2.45) is 0 Å². The van der Waals surface area contributed by atoms with Gasteiger partial charge >= 0.3 is 0 Å². The van der Waals surface area contributed by atoms with Crippen LogP contribution in [0.2, 0.25) is 0 Å². The van der Waals surface area contributed by atoms with Crippen LogP contribution in [-0.2, 0) is 6.54 Å². The molecule has 1 N–H and O–H groups in total. The third-order valence-corrected chi connectivity index (χ3v) is 3.45. The smallest absolute Gasteiger partial charge is 0.251 e. The Morgan fingerprint density at radius 2 is 1.94 bits per heavy atom. The zero-order valence-corrected chi connectivity index (χ0v) is 11.7. The predicted molar refractivity (Wildman–Crippen MR) is 76.5 cm³/mol. The van der Waals surface area contributed by atoms with Crippen LogP contribution in [0.5, 0.6) is 0 Å². The fourth-order valence-electron chi connectivity index (χ4n) is 1.71. The molecule has 0 aliphatic carbocycles. The van der Waals surface area contributed by atoms with E-state index in [1.807, 2.05) is 55.5 Å². The number of nitrogens with one attached hydrogen (secondary N) is 1. The molecule has 3 heteroatoms. The fourth-order valence-corrected chi connectivity index (χ4v) is 2.13. The third-order valence-electron chi connectivity index (χ3n) is 2.68. The van der Waals surface area contributed by atoms with Gasteiger partial charge in [0.1, 0.15) is 0 Å². The molecule has 0 heterocycles. The van der Waals surface area contributed by atoms with E-state index in [-0.39, 0.29) is 5.91 Å². The molecule has 0 aromatic heterocycles. The number of hydrogen-bond acceptors (Lipinski definition) is 1. The van der Waals surface area contributed by atoms with Gasteiger partial charge in [-0.25, -0.2) is 0 Å². The molecule has 0 bridgehead atoms. The van der Waals surface area contributed by atoms with Gasteiger partial charge in [-0.05, 0) is 30.7 Å². The largest absolute Gasteiger partial charge is 0.348 e. The standard InChI is InChI=1S/C15H14BrNO/c1-11-5-4-7-12(9-11)15(18)17-10-13-6-2-3-8-14(13)16/h2-9H,10H2,1H3,(H,17,18). The molecule has 0 saturated carbocycles. The number of carbonyl (C=O) groups is 1. The van der Waals surface area contributed by atoms with Crippen molar-refractivity contribution in [3.8, 4) is 0 Å². The number of amides is 1. The van der Waals surface area contributed by atoms with Gasteiger partial charge in [0.15, 0.2) is 0 Å². The van der Waals surface area contributed by atoms with Gasteiger partial charge in [-0.2, -0.15) is 0 Å². The van der Waals surface area contributed by atoms with E-state index in [4.69, 9.17) is 0 Å². The lowest BCUT2D eigenvalue weighted by atomic mass is 10.1. The maximum absolute atomic E-state index is 12.0. The number of rotatable bonds is 3. The Kier molecular flexibility index (Phi) is 4.15. The summed E-state index contributed by atoms with van der Waals surface area (Å²) in [5.74, 6) is -0.0468. The minimum Gasteiger partial charge on any atom is -0.348 e. The second kappa shape index (κ2) is 5.83. The normalized spacial score (nSPS) is 10.1. The lowest BCUT2D eigenvalue weighted by Crippen LogP contribution is -2.22. The van der Waals surface area contributed by atoms with Gasteiger partial charge in [-0.15, -0.1) is 0 Å². The number of hydrogen-bond donors (Lipinski definition) is 1. The van der Waals surface area contributed by atoms with Gasteiger partial charge < -0.3 is 5.32 Å². The molecule has 2 aromatic carbocycles. The summed E-state index contributed by atoms with van der Waals surface area (Å²) in [6.45, 7) is 2.50. The Morgan fingerprint density at radius 3 is 2.67 bits per heavy atom. The van der Waals surface area contributed by atoms with Crippen molar-refractivity contribution >= 4 is 21.8 Å². The van der Waals surface area contributed by atoms with Crippen LogP contribution < -0.4 is 5.32 Å². The molecular formula is C15H14BrNO. The highest BCUT2D eigenvalue weighted by Crippen LogP contribution is 2.15. The molecular weight excluding hydrogens is 290 g/mol. The zero-order valence-electron chi connectivity index (χ0n) is 10.1.